The maximum Gasteiger partial charge on any atom is 0.342 e. The van der Waals surface area contributed by atoms with Crippen molar-refractivity contribution in [2.45, 2.75) is 6.61 Å². The van der Waals surface area contributed by atoms with Crippen LogP contribution in [0.25, 0.3) is 0 Å². The molecule has 1 aromatic carbocycles. The highest BCUT2D eigenvalue weighted by molar-refractivity contribution is 5.93. The van der Waals surface area contributed by atoms with Crippen LogP contribution in [0.5, 0.6) is 0 Å². The maximum absolute atomic E-state index is 12.7. The molecule has 0 bridgehead atoms. The Morgan fingerprint density at radius 3 is 2.61 bits per heavy atom. The minimum Gasteiger partial charge on any atom is -0.457 e. The Kier molecular flexibility index (Phi) is 3.52. The second-order valence-electron chi connectivity index (χ2n) is 3.63. The summed E-state index contributed by atoms with van der Waals surface area (Å²) in [5.41, 5.74) is 6.36. The van der Waals surface area contributed by atoms with Gasteiger partial charge in [0.2, 0.25) is 5.95 Å². The summed E-state index contributed by atoms with van der Waals surface area (Å²) in [6.45, 7) is 0.135. The summed E-state index contributed by atoms with van der Waals surface area (Å²) in [5.74, 6) is -1.52. The van der Waals surface area contributed by atoms with Gasteiger partial charge in [0.15, 0.2) is 0 Å². The molecule has 5 heteroatoms. The summed E-state index contributed by atoms with van der Waals surface area (Å²) in [7, 11) is 0. The quantitative estimate of drug-likeness (QED) is 0.665. The van der Waals surface area contributed by atoms with Crippen LogP contribution in [-0.2, 0) is 11.3 Å². The fourth-order valence-electron chi connectivity index (χ4n) is 1.42. The van der Waals surface area contributed by atoms with E-state index in [0.29, 0.717) is 0 Å². The van der Waals surface area contributed by atoms with Crippen molar-refractivity contribution in [2.24, 2.45) is 0 Å². The SMILES string of the molecule is Nc1nc(F)ccc1C(=O)OCc1ccccc1. The van der Waals surface area contributed by atoms with Gasteiger partial charge in [-0.2, -0.15) is 4.39 Å². The van der Waals surface area contributed by atoms with Gasteiger partial charge < -0.3 is 10.5 Å². The second-order valence-corrected chi connectivity index (χ2v) is 3.63. The molecule has 0 amide bonds. The highest BCUT2D eigenvalue weighted by atomic mass is 19.1. The number of benzene rings is 1. The zero-order chi connectivity index (χ0) is 13.0. The molecule has 2 aromatic rings. The molecule has 92 valence electrons. The highest BCUT2D eigenvalue weighted by Crippen LogP contribution is 2.12. The van der Waals surface area contributed by atoms with Gasteiger partial charge >= 0.3 is 5.97 Å². The minimum atomic E-state index is -0.730. The molecule has 0 aliphatic carbocycles. The summed E-state index contributed by atoms with van der Waals surface area (Å²) < 4.78 is 17.8. The number of nitrogens with zero attached hydrogens (tertiary/aromatic N) is 1. The van der Waals surface area contributed by atoms with Crippen LogP contribution in [0.1, 0.15) is 15.9 Å². The van der Waals surface area contributed by atoms with E-state index in [2.05, 4.69) is 4.98 Å². The van der Waals surface area contributed by atoms with Gasteiger partial charge in [-0.15, -0.1) is 0 Å². The molecular weight excluding hydrogens is 235 g/mol. The summed E-state index contributed by atoms with van der Waals surface area (Å²) in [5, 5.41) is 0. The lowest BCUT2D eigenvalue weighted by atomic mass is 10.2. The Hall–Kier alpha value is -2.43. The largest absolute Gasteiger partial charge is 0.457 e. The topological polar surface area (TPSA) is 65.2 Å². The molecule has 0 saturated heterocycles. The lowest BCUT2D eigenvalue weighted by Gasteiger charge is -2.06. The number of ether oxygens (including phenoxy) is 1. The van der Waals surface area contributed by atoms with Crippen LogP contribution in [0, 0.1) is 5.95 Å². The molecule has 18 heavy (non-hydrogen) atoms. The van der Waals surface area contributed by atoms with E-state index in [-0.39, 0.29) is 18.0 Å². The molecule has 0 aliphatic rings. The number of hydrogen-bond donors (Lipinski definition) is 1. The molecule has 0 saturated carbocycles. The molecule has 0 unspecified atom stereocenters. The number of nitrogen functional groups attached to an aromatic ring is 1. The molecule has 0 radical (unpaired) electrons. The van der Waals surface area contributed by atoms with Crippen molar-refractivity contribution >= 4 is 11.8 Å². The highest BCUT2D eigenvalue weighted by Gasteiger charge is 2.13. The number of anilines is 1. The van der Waals surface area contributed by atoms with E-state index in [1.165, 1.54) is 6.07 Å². The Morgan fingerprint density at radius 2 is 1.94 bits per heavy atom. The van der Waals surface area contributed by atoms with E-state index in [4.69, 9.17) is 10.5 Å². The van der Waals surface area contributed by atoms with Crippen LogP contribution in [0.4, 0.5) is 10.2 Å². The molecule has 1 heterocycles. The van der Waals surface area contributed by atoms with Gasteiger partial charge in [-0.05, 0) is 17.7 Å². The normalized spacial score (nSPS) is 10.1. The smallest absolute Gasteiger partial charge is 0.342 e. The number of aromatic nitrogens is 1. The molecule has 0 atom stereocenters. The lowest BCUT2D eigenvalue weighted by Crippen LogP contribution is -2.10. The van der Waals surface area contributed by atoms with Crippen molar-refractivity contribution in [1.29, 1.82) is 0 Å². The molecule has 0 aliphatic heterocycles. The predicted molar refractivity (Wildman–Crippen MR) is 64.2 cm³/mol. The van der Waals surface area contributed by atoms with Crippen LogP contribution in [0.2, 0.25) is 0 Å². The average molecular weight is 246 g/mol. The average Bonchev–Trinajstić information content (AvgIpc) is 2.37. The van der Waals surface area contributed by atoms with Gasteiger partial charge in [0.1, 0.15) is 18.0 Å². The second kappa shape index (κ2) is 5.27. The fraction of sp³-hybridized carbons (Fsp3) is 0.0769. The van der Waals surface area contributed by atoms with Gasteiger partial charge in [-0.3, -0.25) is 0 Å². The summed E-state index contributed by atoms with van der Waals surface area (Å²) in [4.78, 5) is 15.0. The van der Waals surface area contributed by atoms with Crippen molar-refractivity contribution in [2.75, 3.05) is 5.73 Å². The first-order chi connectivity index (χ1) is 8.66. The summed E-state index contributed by atoms with van der Waals surface area (Å²) in [6, 6.07) is 11.5. The number of halogens is 1. The van der Waals surface area contributed by atoms with E-state index in [1.54, 1.807) is 0 Å². The first kappa shape index (κ1) is 12.0. The third-order valence-corrected chi connectivity index (χ3v) is 2.32. The van der Waals surface area contributed by atoms with E-state index in [1.807, 2.05) is 30.3 Å². The van der Waals surface area contributed by atoms with Crippen LogP contribution in [0.15, 0.2) is 42.5 Å². The van der Waals surface area contributed by atoms with Crippen molar-refractivity contribution in [1.82, 2.24) is 4.98 Å². The Bertz CT molecular complexity index is 558. The van der Waals surface area contributed by atoms with Gasteiger partial charge in [0, 0.05) is 0 Å². The van der Waals surface area contributed by atoms with E-state index >= 15 is 0 Å². The number of rotatable bonds is 3. The molecular formula is C13H11FN2O2. The molecule has 0 fully saturated rings. The van der Waals surface area contributed by atoms with Crippen LogP contribution < -0.4 is 5.73 Å². The van der Waals surface area contributed by atoms with Crippen molar-refractivity contribution in [3.05, 3.63) is 59.5 Å². The van der Waals surface area contributed by atoms with Crippen LogP contribution >= 0.6 is 0 Å². The third kappa shape index (κ3) is 2.82. The maximum atomic E-state index is 12.7. The van der Waals surface area contributed by atoms with Crippen molar-refractivity contribution < 1.29 is 13.9 Å². The van der Waals surface area contributed by atoms with Gasteiger partial charge in [-0.25, -0.2) is 9.78 Å². The minimum absolute atomic E-state index is 0.0623. The molecule has 2 N–H and O–H groups in total. The number of pyridine rings is 1. The zero-order valence-electron chi connectivity index (χ0n) is 9.47. The number of hydrogen-bond acceptors (Lipinski definition) is 4. The number of esters is 1. The third-order valence-electron chi connectivity index (χ3n) is 2.32. The Labute approximate surface area is 103 Å². The predicted octanol–water partition coefficient (Wildman–Crippen LogP) is 2.16. The molecule has 2 rings (SSSR count). The van der Waals surface area contributed by atoms with Gasteiger partial charge in [-0.1, -0.05) is 30.3 Å². The van der Waals surface area contributed by atoms with Gasteiger partial charge in [0.05, 0.1) is 0 Å². The zero-order valence-corrected chi connectivity index (χ0v) is 9.47. The lowest BCUT2D eigenvalue weighted by molar-refractivity contribution is 0.0473. The van der Waals surface area contributed by atoms with Crippen molar-refractivity contribution in [3.8, 4) is 0 Å². The monoisotopic (exact) mass is 246 g/mol. The standard InChI is InChI=1S/C13H11FN2O2/c14-11-7-6-10(12(15)16-11)13(17)18-8-9-4-2-1-3-5-9/h1-7H,8H2,(H2,15,16). The number of nitrogens with two attached hydrogens (primary N) is 1. The van der Waals surface area contributed by atoms with Gasteiger partial charge in [0.25, 0.3) is 0 Å². The number of carbonyl (C=O) groups is 1. The van der Waals surface area contributed by atoms with E-state index in [9.17, 15) is 9.18 Å². The summed E-state index contributed by atoms with van der Waals surface area (Å²) in [6.07, 6.45) is 0. The van der Waals surface area contributed by atoms with Crippen LogP contribution in [0.3, 0.4) is 0 Å². The van der Waals surface area contributed by atoms with Crippen LogP contribution in [-0.4, -0.2) is 11.0 Å². The molecule has 0 spiro atoms. The van der Waals surface area contributed by atoms with E-state index < -0.39 is 11.9 Å². The Balaban J connectivity index is 2.04. The Morgan fingerprint density at radius 1 is 1.22 bits per heavy atom. The first-order valence-corrected chi connectivity index (χ1v) is 5.30. The fourth-order valence-corrected chi connectivity index (χ4v) is 1.42. The first-order valence-electron chi connectivity index (χ1n) is 5.30. The van der Waals surface area contributed by atoms with E-state index in [0.717, 1.165) is 11.6 Å². The summed E-state index contributed by atoms with van der Waals surface area (Å²) >= 11 is 0. The molecule has 4 nitrogen and oxygen atoms in total. The number of carbonyl (C=O) groups excluding carboxylic acids is 1. The molecule has 1 aromatic heterocycles. The van der Waals surface area contributed by atoms with Crippen molar-refractivity contribution in [3.63, 3.8) is 0 Å².